The molecule has 2 atom stereocenters. The van der Waals surface area contributed by atoms with Gasteiger partial charge in [0.25, 0.3) is 10.0 Å². The summed E-state index contributed by atoms with van der Waals surface area (Å²) < 4.78 is 34.8. The summed E-state index contributed by atoms with van der Waals surface area (Å²) >= 11 is 0. The van der Waals surface area contributed by atoms with E-state index in [-0.39, 0.29) is 16.4 Å². The zero-order chi connectivity index (χ0) is 17.1. The molecule has 9 heteroatoms. The molecule has 0 radical (unpaired) electrons. The fraction of sp³-hybridized carbons (Fsp3) is 0.667. The minimum atomic E-state index is -3.59. The van der Waals surface area contributed by atoms with E-state index in [9.17, 15) is 8.42 Å². The van der Waals surface area contributed by atoms with Gasteiger partial charge in [0.05, 0.1) is 11.6 Å². The lowest BCUT2D eigenvalue weighted by Gasteiger charge is -2.24. The predicted octanol–water partition coefficient (Wildman–Crippen LogP) is 1.16. The van der Waals surface area contributed by atoms with E-state index in [1.165, 1.54) is 6.20 Å². The third-order valence-corrected chi connectivity index (χ3v) is 7.44. The lowest BCUT2D eigenvalue weighted by molar-refractivity contribution is 0.261. The van der Waals surface area contributed by atoms with Crippen LogP contribution in [-0.2, 0) is 22.5 Å². The Hall–Kier alpha value is -1.74. The number of fused-ring (bicyclic) bond motifs is 1. The number of aryl methyl sites for hydroxylation is 2. The van der Waals surface area contributed by atoms with Crippen molar-refractivity contribution in [3.8, 4) is 0 Å². The molecule has 8 nitrogen and oxygen atoms in total. The van der Waals surface area contributed by atoms with E-state index in [2.05, 4.69) is 15.1 Å². The molecule has 0 bridgehead atoms. The molecule has 2 fully saturated rings. The van der Waals surface area contributed by atoms with Gasteiger partial charge in [0.1, 0.15) is 5.82 Å². The largest absolute Gasteiger partial charge is 0.339 e. The van der Waals surface area contributed by atoms with Gasteiger partial charge < -0.3 is 9.09 Å². The molecule has 24 heavy (non-hydrogen) atoms. The Balaban J connectivity index is 1.72. The highest BCUT2D eigenvalue weighted by atomic mass is 32.2. The van der Waals surface area contributed by atoms with Crippen LogP contribution in [0.1, 0.15) is 36.8 Å². The Kier molecular flexibility index (Phi) is 3.37. The fourth-order valence-electron chi connectivity index (χ4n) is 4.13. The molecule has 1 aliphatic carbocycles. The summed E-state index contributed by atoms with van der Waals surface area (Å²) in [6, 6.07) is 0. The molecular formula is C15H21N5O3S. The second kappa shape index (κ2) is 5.13. The first kappa shape index (κ1) is 15.8. The molecule has 2 aromatic heterocycles. The van der Waals surface area contributed by atoms with E-state index in [0.29, 0.717) is 30.6 Å². The fourth-order valence-corrected chi connectivity index (χ4v) is 5.83. The van der Waals surface area contributed by atoms with Crippen LogP contribution in [0.5, 0.6) is 0 Å². The van der Waals surface area contributed by atoms with Crippen molar-refractivity contribution in [2.75, 3.05) is 13.1 Å². The van der Waals surface area contributed by atoms with Gasteiger partial charge in [-0.15, -0.1) is 0 Å². The molecule has 130 valence electrons. The van der Waals surface area contributed by atoms with Gasteiger partial charge >= 0.3 is 0 Å². The topological polar surface area (TPSA) is 94.1 Å². The number of aromatic nitrogens is 4. The van der Waals surface area contributed by atoms with Gasteiger partial charge in [-0.05, 0) is 32.6 Å². The first-order valence-electron chi connectivity index (χ1n) is 8.14. The van der Waals surface area contributed by atoms with Crippen molar-refractivity contribution in [2.24, 2.45) is 13.0 Å². The lowest BCUT2D eigenvalue weighted by atomic mass is 9.80. The van der Waals surface area contributed by atoms with E-state index in [4.69, 9.17) is 4.52 Å². The number of imidazole rings is 1. The maximum Gasteiger partial charge on any atom is 0.260 e. The monoisotopic (exact) mass is 351 g/mol. The van der Waals surface area contributed by atoms with Crippen LogP contribution in [0.15, 0.2) is 15.7 Å². The number of hydrogen-bond acceptors (Lipinski definition) is 6. The molecular weight excluding hydrogens is 330 g/mol. The molecule has 3 heterocycles. The maximum atomic E-state index is 13.1. The van der Waals surface area contributed by atoms with Crippen LogP contribution < -0.4 is 0 Å². The Morgan fingerprint density at radius 1 is 1.38 bits per heavy atom. The zero-order valence-electron chi connectivity index (χ0n) is 14.1. The summed E-state index contributed by atoms with van der Waals surface area (Å²) in [6.45, 7) is 4.47. The van der Waals surface area contributed by atoms with Crippen LogP contribution in [0, 0.1) is 19.8 Å². The van der Waals surface area contributed by atoms with Gasteiger partial charge in [-0.3, -0.25) is 0 Å². The summed E-state index contributed by atoms with van der Waals surface area (Å²) in [4.78, 5) is 8.54. The van der Waals surface area contributed by atoms with Crippen molar-refractivity contribution >= 4 is 10.0 Å². The molecule has 0 amide bonds. The summed E-state index contributed by atoms with van der Waals surface area (Å²) in [5.74, 6) is 2.08. The second-order valence-electron chi connectivity index (χ2n) is 6.89. The van der Waals surface area contributed by atoms with Crippen LogP contribution in [0.25, 0.3) is 0 Å². The summed E-state index contributed by atoms with van der Waals surface area (Å²) in [5, 5.41) is 4.14. The molecule has 2 aliphatic rings. The van der Waals surface area contributed by atoms with Gasteiger partial charge in [0.2, 0.25) is 5.89 Å². The van der Waals surface area contributed by atoms with Crippen LogP contribution in [0.3, 0.4) is 0 Å². The molecule has 1 saturated heterocycles. The first-order valence-corrected chi connectivity index (χ1v) is 9.58. The Morgan fingerprint density at radius 2 is 2.17 bits per heavy atom. The van der Waals surface area contributed by atoms with Crippen LogP contribution in [-0.4, -0.2) is 45.5 Å². The SMILES string of the molecule is Cc1noc([C@]23CCC[C@H]2CN(S(=O)(=O)c2cnc(C)n2C)C3)n1. The molecule has 0 spiro atoms. The van der Waals surface area contributed by atoms with Crippen molar-refractivity contribution in [2.45, 2.75) is 43.6 Å². The average molecular weight is 351 g/mol. The minimum absolute atomic E-state index is 0.224. The molecule has 1 saturated carbocycles. The molecule has 0 aromatic carbocycles. The van der Waals surface area contributed by atoms with Crippen molar-refractivity contribution in [3.63, 3.8) is 0 Å². The molecule has 1 aliphatic heterocycles. The number of rotatable bonds is 3. The van der Waals surface area contributed by atoms with Gasteiger partial charge in [0.15, 0.2) is 10.9 Å². The van der Waals surface area contributed by atoms with Crippen molar-refractivity contribution in [1.82, 2.24) is 24.0 Å². The lowest BCUT2D eigenvalue weighted by Crippen LogP contribution is -2.35. The van der Waals surface area contributed by atoms with Gasteiger partial charge in [-0.1, -0.05) is 11.6 Å². The normalized spacial score (nSPS) is 27.7. The molecule has 2 aromatic rings. The van der Waals surface area contributed by atoms with Crippen LogP contribution in [0.2, 0.25) is 0 Å². The van der Waals surface area contributed by atoms with Gasteiger partial charge in [-0.2, -0.15) is 9.29 Å². The minimum Gasteiger partial charge on any atom is -0.339 e. The third kappa shape index (κ3) is 2.07. The standard InChI is InChI=1S/C15H21N5O3S/c1-10-17-14(23-18-10)15-6-4-5-12(15)8-20(9-15)24(21,22)13-7-16-11(2)19(13)3/h7,12H,4-6,8-9H2,1-3H3/t12-,15-/m0/s1. The quantitative estimate of drug-likeness (QED) is 0.824. The van der Waals surface area contributed by atoms with Gasteiger partial charge in [0, 0.05) is 20.1 Å². The highest BCUT2D eigenvalue weighted by Crippen LogP contribution is 2.50. The second-order valence-corrected chi connectivity index (χ2v) is 8.78. The average Bonchev–Trinajstić information content (AvgIpc) is 3.23. The number of hydrogen-bond donors (Lipinski definition) is 0. The van der Waals surface area contributed by atoms with E-state index in [0.717, 1.165) is 19.3 Å². The van der Waals surface area contributed by atoms with E-state index < -0.39 is 10.0 Å². The van der Waals surface area contributed by atoms with Crippen molar-refractivity contribution < 1.29 is 12.9 Å². The predicted molar refractivity (Wildman–Crippen MR) is 84.8 cm³/mol. The van der Waals surface area contributed by atoms with Crippen LogP contribution in [0.4, 0.5) is 0 Å². The first-order chi connectivity index (χ1) is 11.3. The van der Waals surface area contributed by atoms with Crippen LogP contribution >= 0.6 is 0 Å². The molecule has 0 unspecified atom stereocenters. The molecule has 4 rings (SSSR count). The van der Waals surface area contributed by atoms with E-state index in [1.54, 1.807) is 29.8 Å². The van der Waals surface area contributed by atoms with Crippen molar-refractivity contribution in [3.05, 3.63) is 23.7 Å². The smallest absolute Gasteiger partial charge is 0.260 e. The van der Waals surface area contributed by atoms with Gasteiger partial charge in [-0.25, -0.2) is 13.4 Å². The van der Waals surface area contributed by atoms with E-state index >= 15 is 0 Å². The highest BCUT2D eigenvalue weighted by Gasteiger charge is 2.56. The zero-order valence-corrected chi connectivity index (χ0v) is 14.9. The Labute approximate surface area is 140 Å². The molecule has 0 N–H and O–H groups in total. The maximum absolute atomic E-state index is 13.1. The third-order valence-electron chi connectivity index (χ3n) is 5.57. The highest BCUT2D eigenvalue weighted by molar-refractivity contribution is 7.89. The van der Waals surface area contributed by atoms with Crippen molar-refractivity contribution in [1.29, 1.82) is 0 Å². The summed E-state index contributed by atoms with van der Waals surface area (Å²) in [7, 11) is -1.86. The summed E-state index contributed by atoms with van der Waals surface area (Å²) in [5.41, 5.74) is -0.345. The number of sulfonamides is 1. The summed E-state index contributed by atoms with van der Waals surface area (Å²) in [6.07, 6.45) is 4.36. The Morgan fingerprint density at radius 3 is 2.79 bits per heavy atom. The van der Waals surface area contributed by atoms with E-state index in [1.807, 2.05) is 0 Å². The number of nitrogens with zero attached hydrogens (tertiary/aromatic N) is 5. The Bertz CT molecular complexity index is 887.